The Morgan fingerprint density at radius 2 is 1.97 bits per heavy atom. The van der Waals surface area contributed by atoms with E-state index in [0.29, 0.717) is 6.54 Å². The molecule has 1 atom stereocenters. The van der Waals surface area contributed by atoms with Gasteiger partial charge < -0.3 is 19.9 Å². The summed E-state index contributed by atoms with van der Waals surface area (Å²) in [4.78, 5) is 24.3. The number of non-ortho nitro benzene ring substituents is 1. The molecule has 2 saturated heterocycles. The molecule has 0 spiro atoms. The number of hydrogen-bond donors (Lipinski definition) is 1. The number of nitro benzene ring substituents is 1. The first-order valence-electron chi connectivity index (χ1n) is 10.7. The van der Waals surface area contributed by atoms with Crippen molar-refractivity contribution in [3.63, 3.8) is 0 Å². The fourth-order valence-electron chi connectivity index (χ4n) is 3.86. The van der Waals surface area contributed by atoms with Crippen molar-refractivity contribution in [3.8, 4) is 0 Å². The molecule has 0 bridgehead atoms. The lowest BCUT2D eigenvalue weighted by atomic mass is 10.2. The van der Waals surface area contributed by atoms with E-state index in [9.17, 15) is 10.1 Å². The average molecular weight is 552 g/mol. The average Bonchev–Trinajstić information content (AvgIpc) is 3.34. The number of halogens is 1. The number of rotatable bonds is 6. The maximum Gasteiger partial charge on any atom is 0.269 e. The van der Waals surface area contributed by atoms with Crippen LogP contribution in [-0.4, -0.2) is 66.2 Å². The second kappa shape index (κ2) is 12.0. The molecule has 2 fully saturated rings. The van der Waals surface area contributed by atoms with Crippen molar-refractivity contribution in [1.82, 2.24) is 15.2 Å². The van der Waals surface area contributed by atoms with Crippen LogP contribution in [0.5, 0.6) is 0 Å². The lowest BCUT2D eigenvalue weighted by Crippen LogP contribution is -2.53. The largest absolute Gasteiger partial charge is 0.376 e. The Bertz CT molecular complexity index is 882. The van der Waals surface area contributed by atoms with Gasteiger partial charge in [0.25, 0.3) is 5.69 Å². The third-order valence-electron chi connectivity index (χ3n) is 5.62. The molecule has 172 valence electrons. The predicted molar refractivity (Wildman–Crippen MR) is 135 cm³/mol. The van der Waals surface area contributed by atoms with E-state index < -0.39 is 0 Å². The molecule has 0 amide bonds. The Hall–Kier alpha value is -2.47. The van der Waals surface area contributed by atoms with Gasteiger partial charge in [-0.3, -0.25) is 10.1 Å². The van der Waals surface area contributed by atoms with Crippen LogP contribution in [0.4, 0.5) is 11.5 Å². The van der Waals surface area contributed by atoms with E-state index in [4.69, 9.17) is 9.73 Å². The number of nitrogens with zero attached hydrogens (tertiary/aromatic N) is 5. The van der Waals surface area contributed by atoms with Gasteiger partial charge in [-0.25, -0.2) is 9.98 Å². The molecule has 0 radical (unpaired) electrons. The highest BCUT2D eigenvalue weighted by molar-refractivity contribution is 14.0. The molecule has 32 heavy (non-hydrogen) atoms. The van der Waals surface area contributed by atoms with E-state index >= 15 is 0 Å². The smallest absolute Gasteiger partial charge is 0.269 e. The Morgan fingerprint density at radius 1 is 1.19 bits per heavy atom. The van der Waals surface area contributed by atoms with Gasteiger partial charge in [0, 0.05) is 57.7 Å². The van der Waals surface area contributed by atoms with E-state index in [1.54, 1.807) is 12.1 Å². The number of anilines is 1. The lowest BCUT2D eigenvalue weighted by molar-refractivity contribution is -0.384. The van der Waals surface area contributed by atoms with Crippen molar-refractivity contribution in [1.29, 1.82) is 0 Å². The van der Waals surface area contributed by atoms with Gasteiger partial charge in [-0.2, -0.15) is 0 Å². The second-order valence-corrected chi connectivity index (χ2v) is 7.74. The normalized spacial score (nSPS) is 18.9. The van der Waals surface area contributed by atoms with Gasteiger partial charge in [0.05, 0.1) is 17.6 Å². The van der Waals surface area contributed by atoms with E-state index in [0.717, 1.165) is 69.5 Å². The minimum Gasteiger partial charge on any atom is -0.376 e. The first-order valence-corrected chi connectivity index (χ1v) is 10.7. The maximum absolute atomic E-state index is 10.9. The molecule has 3 heterocycles. The first-order chi connectivity index (χ1) is 15.2. The Kier molecular flexibility index (Phi) is 9.03. The summed E-state index contributed by atoms with van der Waals surface area (Å²) < 4.78 is 5.75. The van der Waals surface area contributed by atoms with Crippen LogP contribution >= 0.6 is 24.0 Å². The molecular formula is C22H29IN6O3. The van der Waals surface area contributed by atoms with Crippen molar-refractivity contribution in [2.75, 3.05) is 44.2 Å². The van der Waals surface area contributed by atoms with E-state index in [2.05, 4.69) is 20.1 Å². The zero-order chi connectivity index (χ0) is 21.5. The van der Waals surface area contributed by atoms with Crippen molar-refractivity contribution >= 4 is 41.4 Å². The minimum absolute atomic E-state index is 0. The predicted octanol–water partition coefficient (Wildman–Crippen LogP) is 3.05. The Morgan fingerprint density at radius 3 is 2.59 bits per heavy atom. The van der Waals surface area contributed by atoms with Crippen molar-refractivity contribution < 1.29 is 9.66 Å². The standard InChI is InChI=1S/C22H28N6O3.HI/c29-28(30)19-8-6-18(7-9-19)16-24-22(25-17-20-4-3-15-31-20)27-13-11-26(12-14-27)21-5-1-2-10-23-21;/h1-2,5-10,20H,3-4,11-17H2,(H,24,25);1H. The van der Waals surface area contributed by atoms with Crippen LogP contribution in [-0.2, 0) is 11.3 Å². The van der Waals surface area contributed by atoms with Crippen LogP contribution in [0.25, 0.3) is 0 Å². The third kappa shape index (κ3) is 6.52. The molecule has 0 aliphatic carbocycles. The summed E-state index contributed by atoms with van der Waals surface area (Å²) in [5.74, 6) is 1.85. The van der Waals surface area contributed by atoms with Crippen molar-refractivity contribution in [3.05, 3.63) is 64.3 Å². The number of pyridine rings is 1. The number of nitro groups is 1. The zero-order valence-electron chi connectivity index (χ0n) is 17.9. The van der Waals surface area contributed by atoms with E-state index in [1.165, 1.54) is 12.1 Å². The molecule has 1 N–H and O–H groups in total. The lowest BCUT2D eigenvalue weighted by Gasteiger charge is -2.37. The molecular weight excluding hydrogens is 523 g/mol. The number of benzene rings is 1. The maximum atomic E-state index is 10.9. The number of hydrogen-bond acceptors (Lipinski definition) is 6. The van der Waals surface area contributed by atoms with Crippen LogP contribution in [0.1, 0.15) is 18.4 Å². The molecule has 0 saturated carbocycles. The summed E-state index contributed by atoms with van der Waals surface area (Å²) in [5.41, 5.74) is 1.03. The molecule has 1 aromatic carbocycles. The second-order valence-electron chi connectivity index (χ2n) is 7.74. The van der Waals surface area contributed by atoms with Gasteiger partial charge in [-0.15, -0.1) is 24.0 Å². The first kappa shape index (κ1) is 24.2. The van der Waals surface area contributed by atoms with Crippen molar-refractivity contribution in [2.24, 2.45) is 4.99 Å². The monoisotopic (exact) mass is 552 g/mol. The van der Waals surface area contributed by atoms with Gasteiger partial charge in [0.2, 0.25) is 0 Å². The summed E-state index contributed by atoms with van der Waals surface area (Å²) in [5, 5.41) is 14.4. The van der Waals surface area contributed by atoms with Crippen molar-refractivity contribution in [2.45, 2.75) is 25.5 Å². The Balaban J connectivity index is 0.00000289. The topological polar surface area (TPSA) is 96.1 Å². The highest BCUT2D eigenvalue weighted by Gasteiger charge is 2.22. The zero-order valence-corrected chi connectivity index (χ0v) is 20.3. The van der Waals surface area contributed by atoms with Gasteiger partial charge in [-0.05, 0) is 30.5 Å². The SMILES string of the molecule is I.O=[N+]([O-])c1ccc(CN=C(NCC2CCCO2)N2CCN(c3ccccn3)CC2)cc1. The highest BCUT2D eigenvalue weighted by Crippen LogP contribution is 2.15. The number of nitrogens with one attached hydrogen (secondary N) is 1. The number of aromatic nitrogens is 1. The molecule has 2 aromatic rings. The summed E-state index contributed by atoms with van der Waals surface area (Å²) >= 11 is 0. The Labute approximate surface area is 205 Å². The fraction of sp³-hybridized carbons (Fsp3) is 0.455. The molecule has 1 aromatic heterocycles. The highest BCUT2D eigenvalue weighted by atomic mass is 127. The van der Waals surface area contributed by atoms with E-state index in [-0.39, 0.29) is 40.7 Å². The summed E-state index contributed by atoms with van der Waals surface area (Å²) in [6, 6.07) is 12.5. The summed E-state index contributed by atoms with van der Waals surface area (Å²) in [7, 11) is 0. The van der Waals surface area contributed by atoms with Crippen LogP contribution in [0, 0.1) is 10.1 Å². The van der Waals surface area contributed by atoms with Crippen LogP contribution in [0.3, 0.4) is 0 Å². The summed E-state index contributed by atoms with van der Waals surface area (Å²) in [6.07, 6.45) is 4.21. The van der Waals surface area contributed by atoms with Gasteiger partial charge in [-0.1, -0.05) is 18.2 Å². The molecule has 2 aliphatic heterocycles. The number of piperazine rings is 1. The van der Waals surface area contributed by atoms with Gasteiger partial charge in [0.15, 0.2) is 5.96 Å². The molecule has 9 nitrogen and oxygen atoms in total. The minimum atomic E-state index is -0.386. The van der Waals surface area contributed by atoms with E-state index in [1.807, 2.05) is 24.4 Å². The van der Waals surface area contributed by atoms with Gasteiger partial charge in [0.1, 0.15) is 5.82 Å². The van der Waals surface area contributed by atoms with Crippen LogP contribution in [0.15, 0.2) is 53.7 Å². The summed E-state index contributed by atoms with van der Waals surface area (Å²) in [6.45, 7) is 5.45. The molecule has 10 heteroatoms. The van der Waals surface area contributed by atoms with Crippen LogP contribution in [0.2, 0.25) is 0 Å². The number of ether oxygens (including phenoxy) is 1. The number of aliphatic imine (C=N–C) groups is 1. The fourth-order valence-corrected chi connectivity index (χ4v) is 3.86. The number of guanidine groups is 1. The third-order valence-corrected chi connectivity index (χ3v) is 5.62. The quantitative estimate of drug-likeness (QED) is 0.194. The van der Waals surface area contributed by atoms with Crippen LogP contribution < -0.4 is 10.2 Å². The molecule has 1 unspecified atom stereocenters. The molecule has 2 aliphatic rings. The molecule has 4 rings (SSSR count). The van der Waals surface area contributed by atoms with Gasteiger partial charge >= 0.3 is 0 Å².